The molecule has 3 heterocycles. The van der Waals surface area contributed by atoms with Crippen LogP contribution in [0.4, 0.5) is 5.82 Å². The lowest BCUT2D eigenvalue weighted by atomic mass is 10.0. The number of aliphatic hydroxyl groups excluding tert-OH is 1. The molecule has 142 valence electrons. The minimum Gasteiger partial charge on any atom is -0.481 e. The summed E-state index contributed by atoms with van der Waals surface area (Å²) < 4.78 is 5.43. The molecule has 0 saturated carbocycles. The summed E-state index contributed by atoms with van der Waals surface area (Å²) in [7, 11) is 1.54. The smallest absolute Gasteiger partial charge is 0.221 e. The van der Waals surface area contributed by atoms with Crippen LogP contribution in [0.15, 0.2) is 60.9 Å². The predicted octanol–water partition coefficient (Wildman–Crippen LogP) is 4.31. The average molecular weight is 395 g/mol. The van der Waals surface area contributed by atoms with Gasteiger partial charge in [0.15, 0.2) is 0 Å². The molecule has 0 bridgehead atoms. The molecule has 1 atom stereocenters. The summed E-state index contributed by atoms with van der Waals surface area (Å²) in [5, 5.41) is 15.7. The second kappa shape index (κ2) is 7.88. The maximum Gasteiger partial charge on any atom is 0.221 e. The number of hydrogen-bond donors (Lipinski definition) is 3. The van der Waals surface area contributed by atoms with Crippen molar-refractivity contribution >= 4 is 28.5 Å². The molecule has 0 spiro atoms. The fourth-order valence-corrected chi connectivity index (χ4v) is 3.21. The third-order valence-electron chi connectivity index (χ3n) is 4.54. The van der Waals surface area contributed by atoms with Gasteiger partial charge in [-0.05, 0) is 42.0 Å². The Labute approximate surface area is 167 Å². The molecule has 3 aromatic heterocycles. The summed E-state index contributed by atoms with van der Waals surface area (Å²) in [4.78, 5) is 11.8. The van der Waals surface area contributed by atoms with Gasteiger partial charge in [-0.1, -0.05) is 23.7 Å². The molecule has 0 fully saturated rings. The molecule has 7 heteroatoms. The van der Waals surface area contributed by atoms with Crippen LogP contribution in [0.1, 0.15) is 22.8 Å². The van der Waals surface area contributed by atoms with Gasteiger partial charge >= 0.3 is 0 Å². The van der Waals surface area contributed by atoms with Gasteiger partial charge in [0.1, 0.15) is 17.6 Å². The fourth-order valence-electron chi connectivity index (χ4n) is 3.09. The average Bonchev–Trinajstić information content (AvgIpc) is 3.17. The first-order valence-electron chi connectivity index (χ1n) is 8.79. The number of aromatic amines is 1. The Hall–Kier alpha value is -3.09. The zero-order valence-electron chi connectivity index (χ0n) is 15.2. The third-order valence-corrected chi connectivity index (χ3v) is 4.79. The minimum atomic E-state index is -0.884. The van der Waals surface area contributed by atoms with Crippen LogP contribution in [-0.4, -0.2) is 27.2 Å². The van der Waals surface area contributed by atoms with Gasteiger partial charge in [-0.15, -0.1) is 0 Å². The molecular formula is C21H19ClN4O2. The highest BCUT2D eigenvalue weighted by molar-refractivity contribution is 6.30. The van der Waals surface area contributed by atoms with Crippen LogP contribution in [-0.2, 0) is 6.54 Å². The van der Waals surface area contributed by atoms with E-state index in [1.54, 1.807) is 12.4 Å². The number of benzene rings is 1. The number of anilines is 1. The summed E-state index contributed by atoms with van der Waals surface area (Å²) in [6.07, 6.45) is 2.58. The summed E-state index contributed by atoms with van der Waals surface area (Å²) >= 11 is 5.91. The van der Waals surface area contributed by atoms with Gasteiger partial charge in [-0.25, -0.2) is 4.98 Å². The van der Waals surface area contributed by atoms with Gasteiger partial charge in [0.2, 0.25) is 5.88 Å². The van der Waals surface area contributed by atoms with E-state index in [0.717, 1.165) is 22.2 Å². The quantitative estimate of drug-likeness (QED) is 0.453. The van der Waals surface area contributed by atoms with Crippen molar-refractivity contribution in [2.45, 2.75) is 12.6 Å². The number of pyridine rings is 2. The number of fused-ring (bicyclic) bond motifs is 1. The lowest BCUT2D eigenvalue weighted by Gasteiger charge is -2.15. The Morgan fingerprint density at radius 1 is 1.14 bits per heavy atom. The number of methoxy groups -OCH3 is 1. The number of hydrogen-bond acceptors (Lipinski definition) is 5. The van der Waals surface area contributed by atoms with Crippen LogP contribution < -0.4 is 10.1 Å². The first-order valence-corrected chi connectivity index (χ1v) is 9.17. The van der Waals surface area contributed by atoms with E-state index < -0.39 is 6.10 Å². The van der Waals surface area contributed by atoms with Gasteiger partial charge in [-0.2, -0.15) is 4.98 Å². The van der Waals surface area contributed by atoms with Crippen molar-refractivity contribution in [1.29, 1.82) is 0 Å². The van der Waals surface area contributed by atoms with E-state index in [-0.39, 0.29) is 0 Å². The van der Waals surface area contributed by atoms with Crippen molar-refractivity contribution < 1.29 is 9.84 Å². The Morgan fingerprint density at radius 3 is 2.75 bits per heavy atom. The Kier molecular flexibility index (Phi) is 5.14. The summed E-state index contributed by atoms with van der Waals surface area (Å²) in [6, 6.07) is 15.0. The topological polar surface area (TPSA) is 83.1 Å². The number of halogens is 1. The first-order chi connectivity index (χ1) is 13.7. The lowest BCUT2D eigenvalue weighted by molar-refractivity contribution is 0.215. The standard InChI is InChI=1S/C21H19ClN4O2/c1-28-21-16(19(27)17-12-25-20-15(17)3-2-10-23-20)8-9-18(26-21)24-11-13-4-6-14(22)7-5-13/h2-10,12,19,27H,11H2,1H3,(H,23,25)(H,24,26). The number of nitrogens with one attached hydrogen (secondary N) is 2. The van der Waals surface area contributed by atoms with Crippen LogP contribution >= 0.6 is 11.6 Å². The van der Waals surface area contributed by atoms with Crippen molar-refractivity contribution in [3.05, 3.63) is 82.6 Å². The van der Waals surface area contributed by atoms with Gasteiger partial charge in [0, 0.05) is 40.5 Å². The maximum atomic E-state index is 10.9. The fraction of sp³-hybridized carbons (Fsp3) is 0.143. The van der Waals surface area contributed by atoms with Gasteiger partial charge in [0.25, 0.3) is 0 Å². The number of H-pyrrole nitrogens is 1. The molecular weight excluding hydrogens is 376 g/mol. The highest BCUT2D eigenvalue weighted by Crippen LogP contribution is 2.33. The zero-order valence-corrected chi connectivity index (χ0v) is 15.9. The van der Waals surface area contributed by atoms with Crippen LogP contribution in [0, 0.1) is 0 Å². The van der Waals surface area contributed by atoms with E-state index in [4.69, 9.17) is 16.3 Å². The molecule has 0 aliphatic heterocycles. The monoisotopic (exact) mass is 394 g/mol. The number of ether oxygens (including phenoxy) is 1. The molecule has 6 nitrogen and oxygen atoms in total. The van der Waals surface area contributed by atoms with Crippen LogP contribution in [0.25, 0.3) is 11.0 Å². The zero-order chi connectivity index (χ0) is 19.5. The van der Waals surface area contributed by atoms with Crippen molar-refractivity contribution in [3.63, 3.8) is 0 Å². The molecule has 28 heavy (non-hydrogen) atoms. The Balaban J connectivity index is 1.57. The molecule has 0 aliphatic carbocycles. The van der Waals surface area contributed by atoms with Crippen molar-refractivity contribution in [2.75, 3.05) is 12.4 Å². The predicted molar refractivity (Wildman–Crippen MR) is 110 cm³/mol. The number of aromatic nitrogens is 3. The molecule has 1 unspecified atom stereocenters. The number of aliphatic hydroxyl groups is 1. The molecule has 4 aromatic rings. The van der Waals surface area contributed by atoms with E-state index in [2.05, 4.69) is 20.3 Å². The third kappa shape index (κ3) is 3.65. The van der Waals surface area contributed by atoms with Gasteiger partial charge in [-0.3, -0.25) is 0 Å². The van der Waals surface area contributed by atoms with Crippen LogP contribution in [0.2, 0.25) is 5.02 Å². The summed E-state index contributed by atoms with van der Waals surface area (Å²) in [5.74, 6) is 1.02. The van der Waals surface area contributed by atoms with Crippen molar-refractivity contribution in [3.8, 4) is 5.88 Å². The SMILES string of the molecule is COc1nc(NCc2ccc(Cl)cc2)ccc1C(O)c1c[nH]c2ncccc12. The Morgan fingerprint density at radius 2 is 1.96 bits per heavy atom. The van der Waals surface area contributed by atoms with E-state index >= 15 is 0 Å². The number of rotatable bonds is 6. The second-order valence-corrected chi connectivity index (χ2v) is 6.76. The van der Waals surface area contributed by atoms with E-state index in [1.165, 1.54) is 7.11 Å². The highest BCUT2D eigenvalue weighted by atomic mass is 35.5. The summed E-state index contributed by atoms with van der Waals surface area (Å²) in [6.45, 7) is 0.601. The van der Waals surface area contributed by atoms with E-state index in [9.17, 15) is 5.11 Å². The molecule has 0 aliphatic rings. The van der Waals surface area contributed by atoms with Crippen LogP contribution in [0.3, 0.4) is 0 Å². The highest BCUT2D eigenvalue weighted by Gasteiger charge is 2.20. The number of nitrogens with zero attached hydrogens (tertiary/aromatic N) is 2. The second-order valence-electron chi connectivity index (χ2n) is 6.32. The van der Waals surface area contributed by atoms with Crippen molar-refractivity contribution in [1.82, 2.24) is 15.0 Å². The first kappa shape index (κ1) is 18.3. The minimum absolute atomic E-state index is 0.367. The molecule has 0 saturated heterocycles. The van der Waals surface area contributed by atoms with Gasteiger partial charge < -0.3 is 20.1 Å². The molecule has 3 N–H and O–H groups in total. The molecule has 0 amide bonds. The van der Waals surface area contributed by atoms with Crippen LogP contribution in [0.5, 0.6) is 5.88 Å². The van der Waals surface area contributed by atoms with Crippen molar-refractivity contribution in [2.24, 2.45) is 0 Å². The largest absolute Gasteiger partial charge is 0.481 e. The van der Waals surface area contributed by atoms with E-state index in [0.29, 0.717) is 28.8 Å². The lowest BCUT2D eigenvalue weighted by Crippen LogP contribution is -2.07. The maximum absolute atomic E-state index is 10.9. The Bertz CT molecular complexity index is 1100. The van der Waals surface area contributed by atoms with E-state index in [1.807, 2.05) is 48.5 Å². The van der Waals surface area contributed by atoms with Gasteiger partial charge in [0.05, 0.1) is 7.11 Å². The molecule has 4 rings (SSSR count). The molecule has 1 aromatic carbocycles. The normalized spacial score (nSPS) is 12.1. The summed E-state index contributed by atoms with van der Waals surface area (Å²) in [5.41, 5.74) is 3.12. The molecule has 0 radical (unpaired) electrons.